The van der Waals surface area contributed by atoms with Gasteiger partial charge in [-0.15, -0.1) is 0 Å². The summed E-state index contributed by atoms with van der Waals surface area (Å²) in [5.74, 6) is 0.685. The SMILES string of the molecule is CNC(c1cc(Br)c(F)cc1OC)C1OCCC1C. The van der Waals surface area contributed by atoms with Gasteiger partial charge in [-0.2, -0.15) is 0 Å². The Bertz CT molecular complexity index is 455. The number of methoxy groups -OCH3 is 1. The number of hydrogen-bond acceptors (Lipinski definition) is 3. The van der Waals surface area contributed by atoms with Crippen molar-refractivity contribution in [2.24, 2.45) is 5.92 Å². The molecule has 1 aromatic carbocycles. The smallest absolute Gasteiger partial charge is 0.141 e. The van der Waals surface area contributed by atoms with Crippen LogP contribution >= 0.6 is 15.9 Å². The van der Waals surface area contributed by atoms with Crippen LogP contribution < -0.4 is 10.1 Å². The van der Waals surface area contributed by atoms with Crippen LogP contribution in [-0.2, 0) is 4.74 Å². The minimum atomic E-state index is -0.323. The van der Waals surface area contributed by atoms with Crippen LogP contribution in [0.2, 0.25) is 0 Å². The second-order valence-electron chi connectivity index (χ2n) is 4.88. The van der Waals surface area contributed by atoms with Crippen LogP contribution in [0.5, 0.6) is 5.75 Å². The van der Waals surface area contributed by atoms with Gasteiger partial charge in [0.1, 0.15) is 11.6 Å². The first-order valence-corrected chi connectivity index (χ1v) is 7.19. The monoisotopic (exact) mass is 331 g/mol. The molecule has 1 aromatic rings. The number of nitrogens with one attached hydrogen (secondary N) is 1. The van der Waals surface area contributed by atoms with Gasteiger partial charge in [-0.3, -0.25) is 0 Å². The van der Waals surface area contributed by atoms with Crippen LogP contribution in [0.3, 0.4) is 0 Å². The molecule has 19 heavy (non-hydrogen) atoms. The van der Waals surface area contributed by atoms with Crippen LogP contribution in [0.4, 0.5) is 4.39 Å². The van der Waals surface area contributed by atoms with Crippen molar-refractivity contribution in [2.45, 2.75) is 25.5 Å². The fraction of sp³-hybridized carbons (Fsp3) is 0.571. The second kappa shape index (κ2) is 6.20. The van der Waals surface area contributed by atoms with Gasteiger partial charge < -0.3 is 14.8 Å². The van der Waals surface area contributed by atoms with Crippen LogP contribution in [0.15, 0.2) is 16.6 Å². The molecule has 0 saturated carbocycles. The highest BCUT2D eigenvalue weighted by Gasteiger charge is 2.34. The average molecular weight is 332 g/mol. The Kier molecular flexibility index (Phi) is 4.81. The second-order valence-corrected chi connectivity index (χ2v) is 5.73. The van der Waals surface area contributed by atoms with Crippen molar-refractivity contribution < 1.29 is 13.9 Å². The minimum Gasteiger partial charge on any atom is -0.496 e. The Morgan fingerprint density at radius 3 is 2.79 bits per heavy atom. The van der Waals surface area contributed by atoms with Gasteiger partial charge in [0.15, 0.2) is 0 Å². The first-order valence-electron chi connectivity index (χ1n) is 6.40. The first kappa shape index (κ1) is 14.8. The van der Waals surface area contributed by atoms with Crippen molar-refractivity contribution in [1.29, 1.82) is 0 Å². The molecular weight excluding hydrogens is 313 g/mol. The summed E-state index contributed by atoms with van der Waals surface area (Å²) in [4.78, 5) is 0. The van der Waals surface area contributed by atoms with Crippen LogP contribution in [-0.4, -0.2) is 26.9 Å². The first-order chi connectivity index (χ1) is 9.08. The maximum atomic E-state index is 13.6. The van der Waals surface area contributed by atoms with Crippen molar-refractivity contribution in [3.8, 4) is 5.75 Å². The summed E-state index contributed by atoms with van der Waals surface area (Å²) in [6.07, 6.45) is 1.13. The van der Waals surface area contributed by atoms with E-state index in [0.29, 0.717) is 16.1 Å². The molecule has 1 aliphatic heterocycles. The number of halogens is 2. The zero-order valence-electron chi connectivity index (χ0n) is 11.4. The number of ether oxygens (including phenoxy) is 2. The largest absolute Gasteiger partial charge is 0.496 e. The molecule has 3 unspecified atom stereocenters. The molecule has 0 radical (unpaired) electrons. The van der Waals surface area contributed by atoms with E-state index in [1.165, 1.54) is 6.07 Å². The number of hydrogen-bond donors (Lipinski definition) is 1. The van der Waals surface area contributed by atoms with Gasteiger partial charge in [-0.1, -0.05) is 6.92 Å². The van der Waals surface area contributed by atoms with E-state index in [1.54, 1.807) is 13.2 Å². The molecular formula is C14H19BrFNO2. The summed E-state index contributed by atoms with van der Waals surface area (Å²) in [6, 6.07) is 3.16. The van der Waals surface area contributed by atoms with Crippen LogP contribution in [0.25, 0.3) is 0 Å². The highest BCUT2D eigenvalue weighted by Crippen LogP contribution is 2.37. The molecule has 0 amide bonds. The zero-order chi connectivity index (χ0) is 14.0. The van der Waals surface area contributed by atoms with E-state index in [-0.39, 0.29) is 18.0 Å². The molecule has 1 heterocycles. The van der Waals surface area contributed by atoms with E-state index in [1.807, 2.05) is 7.05 Å². The Balaban J connectivity index is 2.39. The average Bonchev–Trinajstić information content (AvgIpc) is 2.81. The van der Waals surface area contributed by atoms with Gasteiger partial charge in [-0.05, 0) is 41.4 Å². The van der Waals surface area contributed by atoms with E-state index in [4.69, 9.17) is 9.47 Å². The van der Waals surface area contributed by atoms with Crippen molar-refractivity contribution in [3.05, 3.63) is 28.0 Å². The van der Waals surface area contributed by atoms with Gasteiger partial charge >= 0.3 is 0 Å². The summed E-state index contributed by atoms with van der Waals surface area (Å²) in [5, 5.41) is 3.26. The molecule has 1 N–H and O–H groups in total. The Labute approximate surface area is 121 Å². The topological polar surface area (TPSA) is 30.5 Å². The fourth-order valence-corrected chi connectivity index (χ4v) is 2.96. The molecule has 0 aromatic heterocycles. The van der Waals surface area contributed by atoms with Gasteiger partial charge in [-0.25, -0.2) is 4.39 Å². The van der Waals surface area contributed by atoms with E-state index in [2.05, 4.69) is 28.2 Å². The Morgan fingerprint density at radius 2 is 2.26 bits per heavy atom. The predicted octanol–water partition coefficient (Wildman–Crippen LogP) is 3.28. The number of likely N-dealkylation sites (N-methyl/N-ethyl adjacent to an activating group) is 1. The van der Waals surface area contributed by atoms with Gasteiger partial charge in [0.05, 0.1) is 23.7 Å². The predicted molar refractivity (Wildman–Crippen MR) is 76.0 cm³/mol. The van der Waals surface area contributed by atoms with Gasteiger partial charge in [0.25, 0.3) is 0 Å². The summed E-state index contributed by atoms with van der Waals surface area (Å²) < 4.78 is 25.1. The van der Waals surface area contributed by atoms with Crippen LogP contribution in [0, 0.1) is 11.7 Å². The van der Waals surface area contributed by atoms with Crippen molar-refractivity contribution in [1.82, 2.24) is 5.32 Å². The van der Waals surface area contributed by atoms with Crippen LogP contribution in [0.1, 0.15) is 24.9 Å². The molecule has 3 nitrogen and oxygen atoms in total. The summed E-state index contributed by atoms with van der Waals surface area (Å²) in [6.45, 7) is 2.95. The van der Waals surface area contributed by atoms with E-state index < -0.39 is 0 Å². The number of benzene rings is 1. The Morgan fingerprint density at radius 1 is 1.53 bits per heavy atom. The summed E-state index contributed by atoms with van der Waals surface area (Å²) in [5.41, 5.74) is 0.914. The molecule has 2 rings (SSSR count). The third kappa shape index (κ3) is 2.93. The lowest BCUT2D eigenvalue weighted by Gasteiger charge is -2.27. The maximum Gasteiger partial charge on any atom is 0.141 e. The molecule has 1 fully saturated rings. The standard InChI is InChI=1S/C14H19BrFNO2/c1-8-4-5-19-14(8)13(17-2)9-6-10(15)11(16)7-12(9)18-3/h6-8,13-14,17H,4-5H2,1-3H3. The molecule has 5 heteroatoms. The minimum absolute atomic E-state index is 0.00986. The highest BCUT2D eigenvalue weighted by atomic mass is 79.9. The van der Waals surface area contributed by atoms with E-state index in [0.717, 1.165) is 18.6 Å². The maximum absolute atomic E-state index is 13.6. The highest BCUT2D eigenvalue weighted by molar-refractivity contribution is 9.10. The third-order valence-corrected chi connectivity index (χ3v) is 4.30. The lowest BCUT2D eigenvalue weighted by Crippen LogP contribution is -2.33. The lowest BCUT2D eigenvalue weighted by atomic mass is 9.92. The van der Waals surface area contributed by atoms with E-state index in [9.17, 15) is 4.39 Å². The Hall–Kier alpha value is -0.650. The lowest BCUT2D eigenvalue weighted by molar-refractivity contribution is 0.0623. The molecule has 1 saturated heterocycles. The van der Waals surface area contributed by atoms with Crippen molar-refractivity contribution in [3.63, 3.8) is 0 Å². The quantitative estimate of drug-likeness (QED) is 0.918. The molecule has 0 bridgehead atoms. The van der Waals surface area contributed by atoms with Gasteiger partial charge in [0, 0.05) is 18.2 Å². The molecule has 1 aliphatic rings. The van der Waals surface area contributed by atoms with Crippen molar-refractivity contribution in [2.75, 3.05) is 20.8 Å². The molecule has 0 spiro atoms. The zero-order valence-corrected chi connectivity index (χ0v) is 13.0. The normalized spacial score (nSPS) is 24.5. The summed E-state index contributed by atoms with van der Waals surface area (Å²) >= 11 is 3.23. The fourth-order valence-electron chi connectivity index (χ4n) is 2.60. The molecule has 3 atom stereocenters. The van der Waals surface area contributed by atoms with Crippen molar-refractivity contribution >= 4 is 15.9 Å². The summed E-state index contributed by atoms with van der Waals surface area (Å²) in [7, 11) is 3.44. The molecule has 106 valence electrons. The number of rotatable bonds is 4. The van der Waals surface area contributed by atoms with E-state index >= 15 is 0 Å². The molecule has 0 aliphatic carbocycles. The van der Waals surface area contributed by atoms with Gasteiger partial charge in [0.2, 0.25) is 0 Å². The third-order valence-electron chi connectivity index (χ3n) is 3.69.